The van der Waals surface area contributed by atoms with E-state index in [1.54, 1.807) is 0 Å². The molecule has 32 heavy (non-hydrogen) atoms. The van der Waals surface area contributed by atoms with Gasteiger partial charge in [0.05, 0.1) is 12.5 Å². The maximum Gasteiger partial charge on any atom is 0.308 e. The number of carbonyl (C=O) groups is 1. The zero-order valence-electron chi connectivity index (χ0n) is 22.6. The van der Waals surface area contributed by atoms with Crippen LogP contribution in [0.3, 0.4) is 0 Å². The molecule has 0 rings (SSSR count). The Morgan fingerprint density at radius 1 is 0.469 bits per heavy atom. The van der Waals surface area contributed by atoms with Crippen molar-refractivity contribution in [2.75, 3.05) is 6.61 Å². The number of ether oxygens (including phenoxy) is 1. The van der Waals surface area contributed by atoms with E-state index in [9.17, 15) is 4.79 Å². The molecule has 2 nitrogen and oxygen atoms in total. The molecule has 0 heterocycles. The second-order valence-corrected chi connectivity index (χ2v) is 10.1. The van der Waals surface area contributed by atoms with E-state index in [0.29, 0.717) is 6.61 Å². The average molecular weight is 453 g/mol. The summed E-state index contributed by atoms with van der Waals surface area (Å²) in [5.74, 6) is 0.207. The summed E-state index contributed by atoms with van der Waals surface area (Å²) in [6.45, 7) is 7.01. The molecule has 0 saturated carbocycles. The lowest BCUT2D eigenvalue weighted by Gasteiger charge is -2.15. The van der Waals surface area contributed by atoms with Gasteiger partial charge in [-0.2, -0.15) is 0 Å². The molecule has 1 unspecified atom stereocenters. The van der Waals surface area contributed by atoms with Crippen LogP contribution in [0.4, 0.5) is 0 Å². The summed E-state index contributed by atoms with van der Waals surface area (Å²) in [6, 6.07) is 0. The van der Waals surface area contributed by atoms with Crippen LogP contribution >= 0.6 is 0 Å². The Hall–Kier alpha value is -0.530. The normalized spacial score (nSPS) is 12.2. The zero-order valence-corrected chi connectivity index (χ0v) is 22.6. The summed E-state index contributed by atoms with van der Waals surface area (Å²) >= 11 is 0. The monoisotopic (exact) mass is 452 g/mol. The van der Waals surface area contributed by atoms with Gasteiger partial charge in [0.25, 0.3) is 0 Å². The highest BCUT2D eigenvalue weighted by atomic mass is 16.5. The summed E-state index contributed by atoms with van der Waals surface area (Å²) in [5, 5.41) is 0. The second-order valence-electron chi connectivity index (χ2n) is 10.1. The first kappa shape index (κ1) is 31.5. The maximum absolute atomic E-state index is 12.3. The van der Waals surface area contributed by atoms with Gasteiger partial charge in [-0.3, -0.25) is 4.79 Å². The van der Waals surface area contributed by atoms with Crippen molar-refractivity contribution < 1.29 is 9.53 Å². The minimum absolute atomic E-state index is 0.0616. The fraction of sp³-hybridized carbons (Fsp3) is 0.967. The molecule has 0 aliphatic carbocycles. The van der Waals surface area contributed by atoms with Gasteiger partial charge >= 0.3 is 5.97 Å². The van der Waals surface area contributed by atoms with E-state index in [-0.39, 0.29) is 11.9 Å². The maximum atomic E-state index is 12.3. The van der Waals surface area contributed by atoms with Crippen LogP contribution in [0, 0.1) is 5.92 Å². The van der Waals surface area contributed by atoms with Crippen LogP contribution in [0.2, 0.25) is 0 Å². The lowest BCUT2D eigenvalue weighted by Crippen LogP contribution is -2.18. The van der Waals surface area contributed by atoms with Crippen molar-refractivity contribution in [2.45, 2.75) is 175 Å². The van der Waals surface area contributed by atoms with Crippen LogP contribution in [0.25, 0.3) is 0 Å². The molecule has 0 aromatic rings. The van der Waals surface area contributed by atoms with Crippen molar-refractivity contribution in [1.82, 2.24) is 0 Å². The Morgan fingerprint density at radius 2 is 0.750 bits per heavy atom. The van der Waals surface area contributed by atoms with E-state index < -0.39 is 0 Å². The molecule has 0 saturated heterocycles. The smallest absolute Gasteiger partial charge is 0.308 e. The Bertz CT molecular complexity index is 366. The third kappa shape index (κ3) is 22.7. The largest absolute Gasteiger partial charge is 0.466 e. The third-order valence-corrected chi connectivity index (χ3v) is 6.93. The van der Waals surface area contributed by atoms with Gasteiger partial charge in [-0.1, -0.05) is 155 Å². The number of rotatable bonds is 26. The van der Waals surface area contributed by atoms with Crippen molar-refractivity contribution in [3.63, 3.8) is 0 Å². The van der Waals surface area contributed by atoms with Gasteiger partial charge in [0.1, 0.15) is 0 Å². The predicted molar refractivity (Wildman–Crippen MR) is 142 cm³/mol. The first-order valence-corrected chi connectivity index (χ1v) is 14.9. The molecule has 0 aliphatic heterocycles. The summed E-state index contributed by atoms with van der Waals surface area (Å²) in [4.78, 5) is 12.3. The minimum atomic E-state index is 0.0616. The molecule has 0 radical (unpaired) electrons. The number of carbonyl (C=O) groups excluding carboxylic acids is 1. The molecule has 0 aromatic heterocycles. The summed E-state index contributed by atoms with van der Waals surface area (Å²) in [6.07, 6.45) is 32.1. The molecule has 0 N–H and O–H groups in total. The fourth-order valence-electron chi connectivity index (χ4n) is 4.75. The number of esters is 1. The van der Waals surface area contributed by atoms with Gasteiger partial charge in [0.15, 0.2) is 0 Å². The highest BCUT2D eigenvalue weighted by Gasteiger charge is 2.18. The van der Waals surface area contributed by atoms with E-state index in [0.717, 1.165) is 12.8 Å². The van der Waals surface area contributed by atoms with Gasteiger partial charge < -0.3 is 4.74 Å². The molecule has 0 spiro atoms. The van der Waals surface area contributed by atoms with Crippen LogP contribution in [0.1, 0.15) is 175 Å². The van der Waals surface area contributed by atoms with Crippen LogP contribution in [0.5, 0.6) is 0 Å². The van der Waals surface area contributed by atoms with Gasteiger partial charge in [-0.05, 0) is 19.8 Å². The molecule has 0 fully saturated rings. The number of unbranched alkanes of at least 4 members (excludes halogenated alkanes) is 20. The van der Waals surface area contributed by atoms with E-state index in [4.69, 9.17) is 4.74 Å². The molecule has 1 atom stereocenters. The zero-order chi connectivity index (χ0) is 23.5. The Labute approximate surface area is 203 Å². The van der Waals surface area contributed by atoms with Gasteiger partial charge in [-0.25, -0.2) is 0 Å². The summed E-state index contributed by atoms with van der Waals surface area (Å²) < 4.78 is 5.36. The SMILES string of the molecule is CCCCCCCCCCCCCCC(CCCCCCCCCCCC)C(=O)OCC. The minimum Gasteiger partial charge on any atom is -0.466 e. The molecule has 0 aliphatic rings. The Balaban J connectivity index is 3.67. The van der Waals surface area contributed by atoms with E-state index in [1.807, 2.05) is 6.92 Å². The fourth-order valence-corrected chi connectivity index (χ4v) is 4.75. The second kappa shape index (κ2) is 26.7. The molecule has 0 aromatic carbocycles. The summed E-state index contributed by atoms with van der Waals surface area (Å²) in [7, 11) is 0. The van der Waals surface area contributed by atoms with Crippen LogP contribution in [-0.2, 0) is 9.53 Å². The molecule has 0 amide bonds. The van der Waals surface area contributed by atoms with Gasteiger partial charge in [0.2, 0.25) is 0 Å². The van der Waals surface area contributed by atoms with Crippen molar-refractivity contribution in [3.05, 3.63) is 0 Å². The topological polar surface area (TPSA) is 26.3 Å². The number of hydrogen-bond donors (Lipinski definition) is 0. The predicted octanol–water partition coefficient (Wildman–Crippen LogP) is 10.6. The van der Waals surface area contributed by atoms with Gasteiger partial charge in [0, 0.05) is 0 Å². The third-order valence-electron chi connectivity index (χ3n) is 6.93. The van der Waals surface area contributed by atoms with E-state index in [1.165, 1.54) is 141 Å². The van der Waals surface area contributed by atoms with Gasteiger partial charge in [-0.15, -0.1) is 0 Å². The molecular weight excluding hydrogens is 392 g/mol. The van der Waals surface area contributed by atoms with E-state index in [2.05, 4.69) is 13.8 Å². The molecule has 0 bridgehead atoms. The highest BCUT2D eigenvalue weighted by molar-refractivity contribution is 5.72. The average Bonchev–Trinajstić information content (AvgIpc) is 2.79. The first-order valence-electron chi connectivity index (χ1n) is 14.9. The highest BCUT2D eigenvalue weighted by Crippen LogP contribution is 2.21. The number of hydrogen-bond acceptors (Lipinski definition) is 2. The lowest BCUT2D eigenvalue weighted by molar-refractivity contribution is -0.148. The van der Waals surface area contributed by atoms with Crippen LogP contribution < -0.4 is 0 Å². The quantitative estimate of drug-likeness (QED) is 0.0963. The van der Waals surface area contributed by atoms with E-state index >= 15 is 0 Å². The van der Waals surface area contributed by atoms with Crippen LogP contribution in [0.15, 0.2) is 0 Å². The van der Waals surface area contributed by atoms with Crippen molar-refractivity contribution >= 4 is 5.97 Å². The van der Waals surface area contributed by atoms with Crippen molar-refractivity contribution in [1.29, 1.82) is 0 Å². The Morgan fingerprint density at radius 3 is 1.03 bits per heavy atom. The molecular formula is C30H60O2. The molecule has 192 valence electrons. The van der Waals surface area contributed by atoms with Crippen LogP contribution in [-0.4, -0.2) is 12.6 Å². The standard InChI is InChI=1S/C30H60O2/c1-4-7-9-11-13-15-17-18-20-22-24-26-28-29(30(31)32-6-3)27-25-23-21-19-16-14-12-10-8-5-2/h29H,4-28H2,1-3H3. The van der Waals surface area contributed by atoms with Crippen molar-refractivity contribution in [3.8, 4) is 0 Å². The first-order chi connectivity index (χ1) is 15.8. The Kier molecular flexibility index (Phi) is 26.3. The molecule has 2 heteroatoms. The van der Waals surface area contributed by atoms with Crippen molar-refractivity contribution in [2.24, 2.45) is 5.92 Å². The lowest BCUT2D eigenvalue weighted by atomic mass is 9.94. The summed E-state index contributed by atoms with van der Waals surface area (Å²) in [5.41, 5.74) is 0.